The van der Waals surface area contributed by atoms with Crippen LogP contribution in [0.4, 0.5) is 16.2 Å². The summed E-state index contributed by atoms with van der Waals surface area (Å²) >= 11 is 3.55. The van der Waals surface area contributed by atoms with Crippen LogP contribution >= 0.6 is 15.9 Å². The normalized spacial score (nSPS) is 11.4. The van der Waals surface area contributed by atoms with Gasteiger partial charge >= 0.3 is 6.03 Å². The SMILES string of the molecule is CCCCn1c(=O)c(NC(=O)Nc2c(C(C)C)cccc2C(C)C)c(-c2cccc(Br)c2)c2cccnc21. The van der Waals surface area contributed by atoms with Crippen molar-refractivity contribution in [3.63, 3.8) is 0 Å². The minimum absolute atomic E-state index is 0.222. The van der Waals surface area contributed by atoms with E-state index in [2.05, 4.69) is 66.2 Å². The molecule has 2 N–H and O–H groups in total. The molecule has 0 radical (unpaired) electrons. The first-order valence-electron chi connectivity index (χ1n) is 13.2. The number of hydrogen-bond donors (Lipinski definition) is 2. The van der Waals surface area contributed by atoms with Crippen molar-refractivity contribution in [3.8, 4) is 11.1 Å². The summed E-state index contributed by atoms with van der Waals surface area (Å²) in [6, 6.07) is 17.2. The molecule has 4 rings (SSSR count). The Balaban J connectivity index is 1.89. The number of halogens is 1. The van der Waals surface area contributed by atoms with Crippen LogP contribution in [0.3, 0.4) is 0 Å². The van der Waals surface area contributed by atoms with Gasteiger partial charge in [-0.05, 0) is 59.2 Å². The molecular weight excluding hydrogens is 540 g/mol. The van der Waals surface area contributed by atoms with Crippen molar-refractivity contribution < 1.29 is 4.79 Å². The number of nitrogens with zero attached hydrogens (tertiary/aromatic N) is 2. The van der Waals surface area contributed by atoms with Crippen LogP contribution in [0.1, 0.15) is 70.4 Å². The largest absolute Gasteiger partial charge is 0.323 e. The fourth-order valence-corrected chi connectivity index (χ4v) is 5.22. The summed E-state index contributed by atoms with van der Waals surface area (Å²) in [7, 11) is 0. The number of pyridine rings is 2. The van der Waals surface area contributed by atoms with Gasteiger partial charge in [-0.3, -0.25) is 9.36 Å². The molecule has 38 heavy (non-hydrogen) atoms. The number of fused-ring (bicyclic) bond motifs is 1. The number of anilines is 2. The first-order valence-corrected chi connectivity index (χ1v) is 14.0. The third kappa shape index (κ3) is 5.68. The maximum Gasteiger partial charge on any atom is 0.323 e. The van der Waals surface area contributed by atoms with Crippen LogP contribution in [-0.4, -0.2) is 15.6 Å². The molecule has 0 aliphatic rings. The van der Waals surface area contributed by atoms with E-state index in [4.69, 9.17) is 0 Å². The second-order valence-corrected chi connectivity index (χ2v) is 11.1. The van der Waals surface area contributed by atoms with Crippen molar-refractivity contribution in [2.75, 3.05) is 10.6 Å². The van der Waals surface area contributed by atoms with Crippen LogP contribution in [0.25, 0.3) is 22.2 Å². The number of aromatic nitrogens is 2. The number of nitrogens with one attached hydrogen (secondary N) is 2. The van der Waals surface area contributed by atoms with Gasteiger partial charge in [0.15, 0.2) is 0 Å². The first kappa shape index (κ1) is 27.6. The standard InChI is InChI=1S/C31H35BrN4O2/c1-6-7-17-36-29-25(15-10-16-33-29)26(21-11-8-12-22(32)18-21)28(30(36)37)35-31(38)34-27-23(19(2)3)13-9-14-24(27)20(4)5/h8-16,18-20H,6-7,17H2,1-5H3,(H2,34,35,38). The van der Waals surface area contributed by atoms with Crippen LogP contribution < -0.4 is 16.2 Å². The van der Waals surface area contributed by atoms with Crippen LogP contribution in [0.15, 0.2) is 70.1 Å². The van der Waals surface area contributed by atoms with Crippen molar-refractivity contribution in [3.05, 3.63) is 86.7 Å². The second kappa shape index (κ2) is 11.9. The molecule has 6 nitrogen and oxygen atoms in total. The highest BCUT2D eigenvalue weighted by atomic mass is 79.9. The number of carbonyl (C=O) groups excluding carboxylic acids is 1. The van der Waals surface area contributed by atoms with E-state index < -0.39 is 6.03 Å². The molecule has 2 aromatic carbocycles. The molecule has 0 aliphatic heterocycles. The molecular formula is C31H35BrN4O2. The predicted molar refractivity (Wildman–Crippen MR) is 161 cm³/mol. The lowest BCUT2D eigenvalue weighted by Gasteiger charge is -2.21. The Hall–Kier alpha value is -3.45. The number of aryl methyl sites for hydroxylation is 1. The molecule has 0 bridgehead atoms. The summed E-state index contributed by atoms with van der Waals surface area (Å²) in [6.07, 6.45) is 3.46. The van der Waals surface area contributed by atoms with Gasteiger partial charge in [-0.1, -0.05) is 87.3 Å². The zero-order valence-electron chi connectivity index (χ0n) is 22.6. The smallest absolute Gasteiger partial charge is 0.307 e. The lowest BCUT2D eigenvalue weighted by Crippen LogP contribution is -2.30. The number of hydrogen-bond acceptors (Lipinski definition) is 3. The second-order valence-electron chi connectivity index (χ2n) is 10.1. The van der Waals surface area contributed by atoms with E-state index in [1.165, 1.54) is 0 Å². The first-order chi connectivity index (χ1) is 18.2. The molecule has 2 heterocycles. The average molecular weight is 576 g/mol. The molecule has 0 unspecified atom stereocenters. The molecule has 2 aromatic heterocycles. The van der Waals surface area contributed by atoms with E-state index in [1.807, 2.05) is 54.6 Å². The Labute approximate surface area is 232 Å². The molecule has 4 aromatic rings. The number of urea groups is 1. The van der Waals surface area contributed by atoms with Gasteiger partial charge in [0.1, 0.15) is 11.3 Å². The van der Waals surface area contributed by atoms with Crippen molar-refractivity contribution >= 4 is 44.4 Å². The van der Waals surface area contributed by atoms with Gasteiger partial charge in [0.2, 0.25) is 0 Å². The highest BCUT2D eigenvalue weighted by Gasteiger charge is 2.22. The van der Waals surface area contributed by atoms with Crippen LogP contribution in [0.5, 0.6) is 0 Å². The van der Waals surface area contributed by atoms with Gasteiger partial charge in [-0.2, -0.15) is 0 Å². The summed E-state index contributed by atoms with van der Waals surface area (Å²) in [6.45, 7) is 11.0. The summed E-state index contributed by atoms with van der Waals surface area (Å²) in [4.78, 5) is 32.2. The fourth-order valence-electron chi connectivity index (χ4n) is 4.82. The van der Waals surface area contributed by atoms with E-state index in [-0.39, 0.29) is 23.1 Å². The molecule has 0 spiro atoms. The Morgan fingerprint density at radius 1 is 0.947 bits per heavy atom. The zero-order valence-corrected chi connectivity index (χ0v) is 24.2. The summed E-state index contributed by atoms with van der Waals surface area (Å²) < 4.78 is 2.56. The molecule has 0 aliphatic carbocycles. The topological polar surface area (TPSA) is 76.0 Å². The molecule has 0 saturated heterocycles. The number of carbonyl (C=O) groups is 1. The van der Waals surface area contributed by atoms with E-state index in [1.54, 1.807) is 10.8 Å². The van der Waals surface area contributed by atoms with Gasteiger partial charge in [0, 0.05) is 33.9 Å². The van der Waals surface area contributed by atoms with Crippen LogP contribution in [0, 0.1) is 0 Å². The molecule has 0 saturated carbocycles. The minimum atomic E-state index is -0.446. The van der Waals surface area contributed by atoms with Crippen molar-refractivity contribution in [2.24, 2.45) is 0 Å². The molecule has 7 heteroatoms. The minimum Gasteiger partial charge on any atom is -0.307 e. The third-order valence-electron chi connectivity index (χ3n) is 6.72. The quantitative estimate of drug-likeness (QED) is 0.221. The van der Waals surface area contributed by atoms with Crippen LogP contribution in [-0.2, 0) is 6.54 Å². The molecule has 2 amide bonds. The van der Waals surface area contributed by atoms with Gasteiger partial charge in [-0.15, -0.1) is 0 Å². The highest BCUT2D eigenvalue weighted by Crippen LogP contribution is 2.35. The maximum atomic E-state index is 14.0. The van der Waals surface area contributed by atoms with Gasteiger partial charge in [-0.25, -0.2) is 9.78 Å². The number of rotatable bonds is 8. The van der Waals surface area contributed by atoms with Crippen LogP contribution in [0.2, 0.25) is 0 Å². The summed E-state index contributed by atoms with van der Waals surface area (Å²) in [5.74, 6) is 0.443. The van der Waals surface area contributed by atoms with Gasteiger partial charge in [0.25, 0.3) is 5.56 Å². The third-order valence-corrected chi connectivity index (χ3v) is 7.21. The van der Waals surface area contributed by atoms with Gasteiger partial charge in [0.05, 0.1) is 0 Å². The molecule has 0 atom stereocenters. The van der Waals surface area contributed by atoms with E-state index in [0.29, 0.717) is 17.8 Å². The zero-order chi connectivity index (χ0) is 27.4. The molecule has 198 valence electrons. The highest BCUT2D eigenvalue weighted by molar-refractivity contribution is 9.10. The Morgan fingerprint density at radius 3 is 2.24 bits per heavy atom. The van der Waals surface area contributed by atoms with Gasteiger partial charge < -0.3 is 10.6 Å². The Morgan fingerprint density at radius 2 is 1.61 bits per heavy atom. The number of benzene rings is 2. The Kier molecular flexibility index (Phi) is 8.67. The van der Waals surface area contributed by atoms with Crippen molar-refractivity contribution in [2.45, 2.75) is 65.8 Å². The van der Waals surface area contributed by atoms with Crippen molar-refractivity contribution in [1.82, 2.24) is 9.55 Å². The lowest BCUT2D eigenvalue weighted by molar-refractivity contribution is 0.262. The van der Waals surface area contributed by atoms with E-state index in [9.17, 15) is 9.59 Å². The average Bonchev–Trinajstić information content (AvgIpc) is 2.88. The summed E-state index contributed by atoms with van der Waals surface area (Å²) in [5.41, 5.74) is 4.97. The summed E-state index contributed by atoms with van der Waals surface area (Å²) in [5, 5.41) is 6.86. The maximum absolute atomic E-state index is 14.0. The monoisotopic (exact) mass is 574 g/mol. The number of amides is 2. The molecule has 0 fully saturated rings. The van der Waals surface area contributed by atoms with E-state index in [0.717, 1.165) is 45.1 Å². The Bertz CT molecular complexity index is 1500. The predicted octanol–water partition coefficient (Wildman–Crippen LogP) is 8.52. The fraction of sp³-hybridized carbons (Fsp3) is 0.323. The van der Waals surface area contributed by atoms with E-state index >= 15 is 0 Å². The van der Waals surface area contributed by atoms with Crippen molar-refractivity contribution in [1.29, 1.82) is 0 Å². The number of para-hydroxylation sites is 1. The lowest BCUT2D eigenvalue weighted by atomic mass is 9.93. The number of unbranched alkanes of at least 4 members (excludes halogenated alkanes) is 1.